The van der Waals surface area contributed by atoms with Crippen molar-refractivity contribution in [3.63, 3.8) is 0 Å². The molecule has 0 aromatic rings. The molecule has 0 spiro atoms. The summed E-state index contributed by atoms with van der Waals surface area (Å²) in [6, 6.07) is 0. The van der Waals surface area contributed by atoms with Crippen LogP contribution in [-0.2, 0) is 4.74 Å². The Bertz CT molecular complexity index is 129. The maximum atomic E-state index is 5.35. The van der Waals surface area contributed by atoms with Gasteiger partial charge in [0.05, 0.1) is 13.2 Å². The first kappa shape index (κ1) is 9.79. The van der Waals surface area contributed by atoms with Crippen molar-refractivity contribution in [2.24, 2.45) is 5.92 Å². The molecule has 70 valence electrons. The standard InChI is InChI=1S/C11H20O/c1-2-3-4-5-7-11-8-6-9-12-10-11/h6,8,11H,2-5,7,9-10H2,1H3. The minimum absolute atomic E-state index is 0.704. The molecule has 0 saturated heterocycles. The highest BCUT2D eigenvalue weighted by Gasteiger charge is 2.07. The molecule has 0 fully saturated rings. The smallest absolute Gasteiger partial charge is 0.0647 e. The summed E-state index contributed by atoms with van der Waals surface area (Å²) >= 11 is 0. The van der Waals surface area contributed by atoms with Crippen LogP contribution in [0, 0.1) is 5.92 Å². The summed E-state index contributed by atoms with van der Waals surface area (Å²) in [4.78, 5) is 0. The molecule has 0 radical (unpaired) electrons. The van der Waals surface area contributed by atoms with E-state index in [1.165, 1.54) is 32.1 Å². The lowest BCUT2D eigenvalue weighted by Crippen LogP contribution is -2.11. The van der Waals surface area contributed by atoms with Crippen LogP contribution in [-0.4, -0.2) is 13.2 Å². The Morgan fingerprint density at radius 2 is 2.25 bits per heavy atom. The van der Waals surface area contributed by atoms with Gasteiger partial charge in [0.25, 0.3) is 0 Å². The molecule has 1 heteroatoms. The van der Waals surface area contributed by atoms with E-state index in [-0.39, 0.29) is 0 Å². The fourth-order valence-electron chi connectivity index (χ4n) is 1.60. The Hall–Kier alpha value is -0.300. The molecule has 1 rings (SSSR count). The molecule has 1 unspecified atom stereocenters. The van der Waals surface area contributed by atoms with Crippen LogP contribution in [0.3, 0.4) is 0 Å². The fraction of sp³-hybridized carbons (Fsp3) is 0.818. The van der Waals surface area contributed by atoms with Crippen molar-refractivity contribution in [2.75, 3.05) is 13.2 Å². The third-order valence-electron chi connectivity index (χ3n) is 2.38. The zero-order valence-electron chi connectivity index (χ0n) is 8.09. The lowest BCUT2D eigenvalue weighted by atomic mass is 10.0. The predicted molar refractivity (Wildman–Crippen MR) is 52.2 cm³/mol. The second-order valence-electron chi connectivity index (χ2n) is 3.58. The van der Waals surface area contributed by atoms with Crippen molar-refractivity contribution < 1.29 is 4.74 Å². The zero-order chi connectivity index (χ0) is 8.65. The summed E-state index contributed by atoms with van der Waals surface area (Å²) in [7, 11) is 0. The van der Waals surface area contributed by atoms with Crippen LogP contribution in [0.5, 0.6) is 0 Å². The van der Waals surface area contributed by atoms with Gasteiger partial charge < -0.3 is 4.74 Å². The topological polar surface area (TPSA) is 9.23 Å². The Labute approximate surface area is 75.8 Å². The number of rotatable bonds is 5. The van der Waals surface area contributed by atoms with Crippen molar-refractivity contribution in [3.8, 4) is 0 Å². The molecule has 0 aliphatic carbocycles. The Balaban J connectivity index is 1.98. The van der Waals surface area contributed by atoms with Gasteiger partial charge >= 0.3 is 0 Å². The Morgan fingerprint density at radius 1 is 1.33 bits per heavy atom. The minimum atomic E-state index is 0.704. The molecule has 0 aromatic heterocycles. The van der Waals surface area contributed by atoms with E-state index >= 15 is 0 Å². The zero-order valence-corrected chi connectivity index (χ0v) is 8.09. The van der Waals surface area contributed by atoms with E-state index in [9.17, 15) is 0 Å². The van der Waals surface area contributed by atoms with E-state index in [4.69, 9.17) is 4.74 Å². The van der Waals surface area contributed by atoms with Crippen LogP contribution >= 0.6 is 0 Å². The van der Waals surface area contributed by atoms with E-state index in [1.807, 2.05) is 0 Å². The highest BCUT2D eigenvalue weighted by Crippen LogP contribution is 2.15. The lowest BCUT2D eigenvalue weighted by Gasteiger charge is -2.16. The van der Waals surface area contributed by atoms with Crippen molar-refractivity contribution in [1.82, 2.24) is 0 Å². The van der Waals surface area contributed by atoms with Gasteiger partial charge in [0.15, 0.2) is 0 Å². The SMILES string of the molecule is CCCCCCC1C=CCOC1. The third-order valence-corrected chi connectivity index (χ3v) is 2.38. The summed E-state index contributed by atoms with van der Waals surface area (Å²) in [6.07, 6.45) is 11.3. The van der Waals surface area contributed by atoms with Crippen LogP contribution in [0.4, 0.5) is 0 Å². The van der Waals surface area contributed by atoms with Crippen LogP contribution in [0.25, 0.3) is 0 Å². The van der Waals surface area contributed by atoms with E-state index in [2.05, 4.69) is 19.1 Å². The molecule has 12 heavy (non-hydrogen) atoms. The van der Waals surface area contributed by atoms with Crippen LogP contribution < -0.4 is 0 Å². The fourth-order valence-corrected chi connectivity index (χ4v) is 1.60. The maximum Gasteiger partial charge on any atom is 0.0647 e. The second kappa shape index (κ2) is 6.24. The minimum Gasteiger partial charge on any atom is -0.377 e. The van der Waals surface area contributed by atoms with E-state index in [0.29, 0.717) is 5.92 Å². The number of unbranched alkanes of at least 4 members (excludes halogenated alkanes) is 3. The Morgan fingerprint density at radius 3 is 2.92 bits per heavy atom. The molecule has 1 atom stereocenters. The van der Waals surface area contributed by atoms with Gasteiger partial charge in [-0.15, -0.1) is 0 Å². The first-order valence-electron chi connectivity index (χ1n) is 5.18. The number of hydrogen-bond acceptors (Lipinski definition) is 1. The van der Waals surface area contributed by atoms with Crippen molar-refractivity contribution in [2.45, 2.75) is 39.0 Å². The van der Waals surface area contributed by atoms with Gasteiger partial charge in [0.1, 0.15) is 0 Å². The monoisotopic (exact) mass is 168 g/mol. The molecule has 1 nitrogen and oxygen atoms in total. The third kappa shape index (κ3) is 3.91. The molecular weight excluding hydrogens is 148 g/mol. The molecular formula is C11H20O. The molecule has 1 aliphatic rings. The molecule has 0 saturated carbocycles. The van der Waals surface area contributed by atoms with Gasteiger partial charge in [-0.2, -0.15) is 0 Å². The summed E-state index contributed by atoms with van der Waals surface area (Å²) in [5.41, 5.74) is 0. The predicted octanol–water partition coefficient (Wildman–Crippen LogP) is 3.16. The normalized spacial score (nSPS) is 22.9. The van der Waals surface area contributed by atoms with Crippen molar-refractivity contribution in [3.05, 3.63) is 12.2 Å². The summed E-state index contributed by atoms with van der Waals surface area (Å²) in [5, 5.41) is 0. The van der Waals surface area contributed by atoms with Crippen molar-refractivity contribution >= 4 is 0 Å². The van der Waals surface area contributed by atoms with Crippen LogP contribution in [0.2, 0.25) is 0 Å². The van der Waals surface area contributed by atoms with Gasteiger partial charge in [0.2, 0.25) is 0 Å². The van der Waals surface area contributed by atoms with Gasteiger partial charge in [-0.3, -0.25) is 0 Å². The number of hydrogen-bond donors (Lipinski definition) is 0. The summed E-state index contributed by atoms with van der Waals surface area (Å²) in [6.45, 7) is 4.03. The maximum absolute atomic E-state index is 5.35. The summed E-state index contributed by atoms with van der Waals surface area (Å²) < 4.78 is 5.35. The molecule has 1 aliphatic heterocycles. The first-order valence-corrected chi connectivity index (χ1v) is 5.18. The molecule has 0 amide bonds. The average molecular weight is 168 g/mol. The van der Waals surface area contributed by atoms with Gasteiger partial charge in [0, 0.05) is 5.92 Å². The largest absolute Gasteiger partial charge is 0.377 e. The van der Waals surface area contributed by atoms with Crippen molar-refractivity contribution in [1.29, 1.82) is 0 Å². The van der Waals surface area contributed by atoms with Crippen LogP contribution in [0.1, 0.15) is 39.0 Å². The molecule has 0 bridgehead atoms. The van der Waals surface area contributed by atoms with Gasteiger partial charge in [-0.25, -0.2) is 0 Å². The van der Waals surface area contributed by atoms with E-state index in [1.54, 1.807) is 0 Å². The van der Waals surface area contributed by atoms with E-state index in [0.717, 1.165) is 13.2 Å². The van der Waals surface area contributed by atoms with E-state index < -0.39 is 0 Å². The highest BCUT2D eigenvalue weighted by atomic mass is 16.5. The molecule has 1 heterocycles. The molecule has 0 N–H and O–H groups in total. The van der Waals surface area contributed by atoms with Crippen LogP contribution in [0.15, 0.2) is 12.2 Å². The average Bonchev–Trinajstić information content (AvgIpc) is 2.14. The first-order chi connectivity index (χ1) is 5.93. The lowest BCUT2D eigenvalue weighted by molar-refractivity contribution is 0.122. The Kier molecular flexibility index (Phi) is 5.09. The molecule has 0 aromatic carbocycles. The second-order valence-corrected chi connectivity index (χ2v) is 3.58. The summed E-state index contributed by atoms with van der Waals surface area (Å²) in [5.74, 6) is 0.704. The number of ether oxygens (including phenoxy) is 1. The quantitative estimate of drug-likeness (QED) is 0.452. The van der Waals surface area contributed by atoms with Gasteiger partial charge in [-0.1, -0.05) is 44.8 Å². The van der Waals surface area contributed by atoms with Gasteiger partial charge in [-0.05, 0) is 6.42 Å². The highest BCUT2D eigenvalue weighted by molar-refractivity contribution is 4.91.